The Labute approximate surface area is 134 Å². The predicted octanol–water partition coefficient (Wildman–Crippen LogP) is 2.75. The Morgan fingerprint density at radius 1 is 1.48 bits per heavy atom. The van der Waals surface area contributed by atoms with Gasteiger partial charge in [0, 0.05) is 18.9 Å². The van der Waals surface area contributed by atoms with E-state index in [1.165, 1.54) is 22.9 Å². The van der Waals surface area contributed by atoms with Crippen molar-refractivity contribution < 1.29 is 14.6 Å². The number of benzene rings is 1. The molecule has 6 nitrogen and oxygen atoms in total. The van der Waals surface area contributed by atoms with Crippen molar-refractivity contribution in [3.63, 3.8) is 0 Å². The van der Waals surface area contributed by atoms with Crippen LogP contribution in [0.15, 0.2) is 35.4 Å². The number of carbonyl (C=O) groups is 1. The smallest absolute Gasteiger partial charge is 0.335 e. The molecular formula is C14H13IN2O4. The zero-order chi connectivity index (χ0) is 15.4. The highest BCUT2D eigenvalue weighted by molar-refractivity contribution is 14.1. The molecule has 0 spiro atoms. The molecule has 0 radical (unpaired) electrons. The van der Waals surface area contributed by atoms with Crippen LogP contribution in [0.5, 0.6) is 11.6 Å². The molecule has 0 unspecified atom stereocenters. The number of halogens is 1. The van der Waals surface area contributed by atoms with E-state index < -0.39 is 5.97 Å². The number of rotatable bonds is 5. The maximum atomic E-state index is 12.2. The molecule has 1 N–H and O–H groups in total. The summed E-state index contributed by atoms with van der Waals surface area (Å²) in [6.45, 7) is 2.54. The molecule has 1 aromatic carbocycles. The van der Waals surface area contributed by atoms with Gasteiger partial charge in [-0.25, -0.2) is 9.78 Å². The molecule has 0 aliphatic carbocycles. The van der Waals surface area contributed by atoms with Crippen molar-refractivity contribution >= 4 is 28.6 Å². The molecule has 21 heavy (non-hydrogen) atoms. The van der Waals surface area contributed by atoms with Gasteiger partial charge in [0.1, 0.15) is 5.75 Å². The predicted molar refractivity (Wildman–Crippen MR) is 85.0 cm³/mol. The van der Waals surface area contributed by atoms with Gasteiger partial charge in [0.25, 0.3) is 5.88 Å². The minimum atomic E-state index is -1.05. The minimum Gasteiger partial charge on any atom is -0.478 e. The topological polar surface area (TPSA) is 81.4 Å². The van der Waals surface area contributed by atoms with E-state index >= 15 is 0 Å². The van der Waals surface area contributed by atoms with Crippen molar-refractivity contribution in [2.45, 2.75) is 19.9 Å². The van der Waals surface area contributed by atoms with Crippen LogP contribution in [0.2, 0.25) is 0 Å². The van der Waals surface area contributed by atoms with Crippen LogP contribution in [0.4, 0.5) is 0 Å². The number of carboxylic acid groups (broad SMARTS) is 1. The fraction of sp³-hybridized carbons (Fsp3) is 0.214. The zero-order valence-electron chi connectivity index (χ0n) is 11.2. The van der Waals surface area contributed by atoms with E-state index in [0.29, 0.717) is 15.9 Å². The second-order valence-corrected chi connectivity index (χ2v) is 5.45. The summed E-state index contributed by atoms with van der Waals surface area (Å²) in [7, 11) is 0. The second kappa shape index (κ2) is 6.70. The number of ether oxygens (including phenoxy) is 1. The summed E-state index contributed by atoms with van der Waals surface area (Å²) < 4.78 is 7.71. The Kier molecular flexibility index (Phi) is 4.94. The minimum absolute atomic E-state index is 0.0635. The van der Waals surface area contributed by atoms with Gasteiger partial charge in [0.2, 0.25) is 0 Å². The summed E-state index contributed by atoms with van der Waals surface area (Å²) in [6.07, 6.45) is 3.90. The lowest BCUT2D eigenvalue weighted by Crippen LogP contribution is -2.21. The molecule has 1 heterocycles. The van der Waals surface area contributed by atoms with Gasteiger partial charge in [-0.05, 0) is 47.2 Å². The first-order valence-corrected chi connectivity index (χ1v) is 7.37. The summed E-state index contributed by atoms with van der Waals surface area (Å²) in [5, 5.41) is 9.00. The van der Waals surface area contributed by atoms with Crippen molar-refractivity contribution in [2.75, 3.05) is 0 Å². The van der Waals surface area contributed by atoms with Crippen molar-refractivity contribution in [3.8, 4) is 11.6 Å². The molecule has 0 aliphatic heterocycles. The van der Waals surface area contributed by atoms with Gasteiger partial charge in [-0.2, -0.15) is 0 Å². The maximum Gasteiger partial charge on any atom is 0.335 e. The number of aromatic nitrogens is 2. The van der Waals surface area contributed by atoms with E-state index in [4.69, 9.17) is 9.84 Å². The normalized spacial score (nSPS) is 10.4. The molecule has 2 rings (SSSR count). The standard InChI is InChI=1S/C14H13IN2O4/c1-2-6-17-7-5-16-12(13(17)18)21-11-8-9(14(19)20)3-4-10(11)15/h3-5,7-8H,2,6H2,1H3,(H,19,20). The van der Waals surface area contributed by atoms with E-state index in [-0.39, 0.29) is 17.0 Å². The van der Waals surface area contributed by atoms with Crippen molar-refractivity contribution in [2.24, 2.45) is 0 Å². The number of carboxylic acids is 1. The molecular weight excluding hydrogens is 387 g/mol. The maximum absolute atomic E-state index is 12.2. The summed E-state index contributed by atoms with van der Waals surface area (Å²) >= 11 is 2.01. The monoisotopic (exact) mass is 400 g/mol. The largest absolute Gasteiger partial charge is 0.478 e. The highest BCUT2D eigenvalue weighted by Gasteiger charge is 2.12. The van der Waals surface area contributed by atoms with Crippen molar-refractivity contribution in [1.82, 2.24) is 9.55 Å². The molecule has 0 fully saturated rings. The second-order valence-electron chi connectivity index (χ2n) is 4.28. The molecule has 0 saturated heterocycles. The van der Waals surface area contributed by atoms with Crippen LogP contribution in [0.25, 0.3) is 0 Å². The van der Waals surface area contributed by atoms with Gasteiger partial charge in [0.05, 0.1) is 9.13 Å². The molecule has 7 heteroatoms. The van der Waals surface area contributed by atoms with Crippen LogP contribution in [-0.2, 0) is 6.54 Å². The lowest BCUT2D eigenvalue weighted by atomic mass is 10.2. The van der Waals surface area contributed by atoms with Crippen LogP contribution in [0.3, 0.4) is 0 Å². The third kappa shape index (κ3) is 3.60. The summed E-state index contributed by atoms with van der Waals surface area (Å²) in [5.41, 5.74) is -0.244. The molecule has 1 aromatic heterocycles. The lowest BCUT2D eigenvalue weighted by molar-refractivity contribution is 0.0696. The van der Waals surface area contributed by atoms with E-state index in [1.54, 1.807) is 12.3 Å². The van der Waals surface area contributed by atoms with Crippen LogP contribution < -0.4 is 10.3 Å². The van der Waals surface area contributed by atoms with Crippen LogP contribution >= 0.6 is 22.6 Å². The zero-order valence-corrected chi connectivity index (χ0v) is 13.4. The van der Waals surface area contributed by atoms with Gasteiger partial charge >= 0.3 is 11.5 Å². The number of nitrogens with zero attached hydrogens (tertiary/aromatic N) is 2. The lowest BCUT2D eigenvalue weighted by Gasteiger charge is -2.09. The molecule has 110 valence electrons. The third-order valence-corrected chi connectivity index (χ3v) is 3.62. The van der Waals surface area contributed by atoms with E-state index in [0.717, 1.165) is 6.42 Å². The SMILES string of the molecule is CCCn1ccnc(Oc2cc(C(=O)O)ccc2I)c1=O. The summed E-state index contributed by atoms with van der Waals surface area (Å²) in [6, 6.07) is 4.47. The van der Waals surface area contributed by atoms with Gasteiger partial charge in [0.15, 0.2) is 0 Å². The third-order valence-electron chi connectivity index (χ3n) is 2.73. The average Bonchev–Trinajstić information content (AvgIpc) is 2.45. The Bertz CT molecular complexity index is 727. The van der Waals surface area contributed by atoms with Gasteiger partial charge < -0.3 is 14.4 Å². The Balaban J connectivity index is 2.38. The molecule has 0 atom stereocenters. The van der Waals surface area contributed by atoms with E-state index in [2.05, 4.69) is 4.98 Å². The first kappa shape index (κ1) is 15.5. The van der Waals surface area contributed by atoms with Gasteiger partial charge in [-0.15, -0.1) is 0 Å². The van der Waals surface area contributed by atoms with Crippen LogP contribution in [0, 0.1) is 3.57 Å². The highest BCUT2D eigenvalue weighted by atomic mass is 127. The molecule has 2 aromatic rings. The van der Waals surface area contributed by atoms with Crippen molar-refractivity contribution in [1.29, 1.82) is 0 Å². The fourth-order valence-electron chi connectivity index (χ4n) is 1.73. The van der Waals surface area contributed by atoms with Gasteiger partial charge in [-0.1, -0.05) is 6.92 Å². The average molecular weight is 400 g/mol. The molecule has 0 aliphatic rings. The Morgan fingerprint density at radius 2 is 2.24 bits per heavy atom. The van der Waals surface area contributed by atoms with Crippen LogP contribution in [-0.4, -0.2) is 20.6 Å². The van der Waals surface area contributed by atoms with Crippen molar-refractivity contribution in [3.05, 3.63) is 50.1 Å². The number of aromatic carboxylic acids is 1. The first-order chi connectivity index (χ1) is 10.0. The number of hydrogen-bond donors (Lipinski definition) is 1. The quantitative estimate of drug-likeness (QED) is 0.781. The fourth-order valence-corrected chi connectivity index (χ4v) is 2.18. The van der Waals surface area contributed by atoms with Gasteiger partial charge in [-0.3, -0.25) is 4.79 Å². The van der Waals surface area contributed by atoms with E-state index in [9.17, 15) is 9.59 Å². The Morgan fingerprint density at radius 3 is 2.90 bits per heavy atom. The highest BCUT2D eigenvalue weighted by Crippen LogP contribution is 2.25. The van der Waals surface area contributed by atoms with E-state index in [1.807, 2.05) is 29.5 Å². The summed E-state index contributed by atoms with van der Waals surface area (Å²) in [4.78, 5) is 27.1. The number of hydrogen-bond acceptors (Lipinski definition) is 4. The molecule has 0 amide bonds. The van der Waals surface area contributed by atoms with Crippen LogP contribution in [0.1, 0.15) is 23.7 Å². The summed E-state index contributed by atoms with van der Waals surface area (Å²) in [5.74, 6) is -0.818. The Hall–Kier alpha value is -1.90. The molecule has 0 bridgehead atoms. The number of aryl methyl sites for hydroxylation is 1. The first-order valence-electron chi connectivity index (χ1n) is 6.29. The molecule has 0 saturated carbocycles.